The van der Waals surface area contributed by atoms with Crippen LogP contribution in [0.5, 0.6) is 0 Å². The summed E-state index contributed by atoms with van der Waals surface area (Å²) in [7, 11) is 0. The molecule has 72 valence electrons. The molecule has 0 amide bonds. The monoisotopic (exact) mass is 265 g/mol. The quantitative estimate of drug-likeness (QED) is 0.817. The minimum absolute atomic E-state index is 0.00793. The van der Waals surface area contributed by atoms with Crippen molar-refractivity contribution in [2.75, 3.05) is 6.54 Å². The molecule has 0 bridgehead atoms. The van der Waals surface area contributed by atoms with Crippen molar-refractivity contribution in [2.45, 2.75) is 12.8 Å². The molecule has 0 radical (unpaired) electrons. The van der Waals surface area contributed by atoms with E-state index in [0.29, 0.717) is 21.6 Å². The number of hydrogen-bond donors (Lipinski definition) is 1. The Bertz CT molecular complexity index is 317. The smallest absolute Gasteiger partial charge is 0.128 e. The highest BCUT2D eigenvalue weighted by molar-refractivity contribution is 9.10. The van der Waals surface area contributed by atoms with Gasteiger partial charge in [-0.1, -0.05) is 18.5 Å². The van der Waals surface area contributed by atoms with E-state index < -0.39 is 0 Å². The summed E-state index contributed by atoms with van der Waals surface area (Å²) in [4.78, 5) is 0. The Morgan fingerprint density at radius 3 is 2.77 bits per heavy atom. The lowest BCUT2D eigenvalue weighted by Crippen LogP contribution is -2.10. The summed E-state index contributed by atoms with van der Waals surface area (Å²) in [5.74, 6) is -0.292. The van der Waals surface area contributed by atoms with Gasteiger partial charge in [-0.2, -0.15) is 0 Å². The first-order valence-corrected chi connectivity index (χ1v) is 5.08. The summed E-state index contributed by atoms with van der Waals surface area (Å²) in [5.41, 5.74) is 6.04. The topological polar surface area (TPSA) is 26.0 Å². The van der Waals surface area contributed by atoms with E-state index >= 15 is 0 Å². The number of halogens is 3. The molecular weight excluding hydrogens is 256 g/mol. The molecule has 0 fully saturated rings. The van der Waals surface area contributed by atoms with E-state index in [-0.39, 0.29) is 11.7 Å². The lowest BCUT2D eigenvalue weighted by molar-refractivity contribution is 0.590. The fourth-order valence-electron chi connectivity index (χ4n) is 1.04. The Morgan fingerprint density at radius 2 is 2.23 bits per heavy atom. The van der Waals surface area contributed by atoms with Gasteiger partial charge in [0.1, 0.15) is 5.82 Å². The molecule has 0 aliphatic heterocycles. The van der Waals surface area contributed by atoms with Crippen LogP contribution in [0.15, 0.2) is 16.6 Å². The first-order chi connectivity index (χ1) is 6.06. The summed E-state index contributed by atoms with van der Waals surface area (Å²) in [6.45, 7) is 2.30. The lowest BCUT2D eigenvalue weighted by atomic mass is 10.0. The maximum absolute atomic E-state index is 13.3. The molecule has 1 aromatic carbocycles. The van der Waals surface area contributed by atoms with E-state index in [0.717, 1.165) is 0 Å². The van der Waals surface area contributed by atoms with E-state index in [1.54, 1.807) is 6.07 Å². The Balaban J connectivity index is 3.15. The van der Waals surface area contributed by atoms with Gasteiger partial charge in [0, 0.05) is 4.47 Å². The summed E-state index contributed by atoms with van der Waals surface area (Å²) in [5, 5.41) is 0.380. The zero-order chi connectivity index (χ0) is 10.0. The Morgan fingerprint density at radius 1 is 1.62 bits per heavy atom. The Kier molecular flexibility index (Phi) is 3.71. The third-order valence-corrected chi connectivity index (χ3v) is 3.12. The van der Waals surface area contributed by atoms with Gasteiger partial charge in [-0.05, 0) is 46.1 Å². The van der Waals surface area contributed by atoms with Crippen LogP contribution in [-0.4, -0.2) is 6.54 Å². The fourth-order valence-corrected chi connectivity index (χ4v) is 1.55. The van der Waals surface area contributed by atoms with Gasteiger partial charge < -0.3 is 5.73 Å². The number of benzene rings is 1. The van der Waals surface area contributed by atoms with Crippen molar-refractivity contribution in [1.82, 2.24) is 0 Å². The van der Waals surface area contributed by atoms with Crippen molar-refractivity contribution in [2.24, 2.45) is 5.73 Å². The van der Waals surface area contributed by atoms with Gasteiger partial charge in [0.25, 0.3) is 0 Å². The molecule has 0 aliphatic rings. The predicted molar refractivity (Wildman–Crippen MR) is 56.6 cm³/mol. The van der Waals surface area contributed by atoms with Crippen molar-refractivity contribution in [3.8, 4) is 0 Å². The average molecular weight is 267 g/mol. The first-order valence-electron chi connectivity index (χ1n) is 3.90. The van der Waals surface area contributed by atoms with Gasteiger partial charge in [-0.25, -0.2) is 4.39 Å². The largest absolute Gasteiger partial charge is 0.330 e. The highest BCUT2D eigenvalue weighted by Crippen LogP contribution is 2.28. The van der Waals surface area contributed by atoms with Gasteiger partial charge in [-0.15, -0.1) is 0 Å². The van der Waals surface area contributed by atoms with Crippen molar-refractivity contribution in [3.05, 3.63) is 33.0 Å². The second-order valence-corrected chi connectivity index (χ2v) is 4.19. The summed E-state index contributed by atoms with van der Waals surface area (Å²) >= 11 is 8.95. The van der Waals surface area contributed by atoms with Crippen LogP contribution in [-0.2, 0) is 0 Å². The molecule has 1 unspecified atom stereocenters. The molecule has 4 heteroatoms. The molecule has 0 heterocycles. The van der Waals surface area contributed by atoms with Crippen LogP contribution in [0, 0.1) is 5.82 Å². The van der Waals surface area contributed by atoms with Crippen LogP contribution < -0.4 is 5.73 Å². The van der Waals surface area contributed by atoms with E-state index in [1.807, 2.05) is 6.92 Å². The van der Waals surface area contributed by atoms with Crippen molar-refractivity contribution in [3.63, 3.8) is 0 Å². The van der Waals surface area contributed by atoms with Crippen LogP contribution in [0.4, 0.5) is 4.39 Å². The SMILES string of the molecule is CC(CN)c1cc(Br)c(Cl)cc1F. The van der Waals surface area contributed by atoms with Crippen LogP contribution in [0.1, 0.15) is 18.4 Å². The predicted octanol–water partition coefficient (Wildman–Crippen LogP) is 3.30. The lowest BCUT2D eigenvalue weighted by Gasteiger charge is -2.11. The van der Waals surface area contributed by atoms with Gasteiger partial charge in [0.05, 0.1) is 5.02 Å². The molecule has 1 rings (SSSR count). The maximum Gasteiger partial charge on any atom is 0.128 e. The van der Waals surface area contributed by atoms with E-state index in [2.05, 4.69) is 15.9 Å². The highest BCUT2D eigenvalue weighted by atomic mass is 79.9. The third kappa shape index (κ3) is 2.42. The zero-order valence-corrected chi connectivity index (χ0v) is 9.49. The first kappa shape index (κ1) is 11.0. The van der Waals surface area contributed by atoms with Crippen LogP contribution >= 0.6 is 27.5 Å². The summed E-state index contributed by atoms with van der Waals surface area (Å²) < 4.78 is 14.0. The summed E-state index contributed by atoms with van der Waals surface area (Å²) in [6.07, 6.45) is 0. The molecule has 0 aliphatic carbocycles. The van der Waals surface area contributed by atoms with Crippen molar-refractivity contribution < 1.29 is 4.39 Å². The summed E-state index contributed by atoms with van der Waals surface area (Å²) in [6, 6.07) is 2.97. The molecule has 0 saturated carbocycles. The number of rotatable bonds is 2. The van der Waals surface area contributed by atoms with Crippen molar-refractivity contribution in [1.29, 1.82) is 0 Å². The molecule has 0 spiro atoms. The van der Waals surface area contributed by atoms with Crippen molar-refractivity contribution >= 4 is 27.5 Å². The fraction of sp³-hybridized carbons (Fsp3) is 0.333. The van der Waals surface area contributed by atoms with E-state index in [1.165, 1.54) is 6.07 Å². The second kappa shape index (κ2) is 4.40. The molecule has 0 aromatic heterocycles. The number of nitrogens with two attached hydrogens (primary N) is 1. The van der Waals surface area contributed by atoms with Crippen LogP contribution in [0.3, 0.4) is 0 Å². The normalized spacial score (nSPS) is 13.0. The van der Waals surface area contributed by atoms with Crippen LogP contribution in [0.25, 0.3) is 0 Å². The van der Waals surface area contributed by atoms with E-state index in [4.69, 9.17) is 17.3 Å². The minimum Gasteiger partial charge on any atom is -0.330 e. The maximum atomic E-state index is 13.3. The zero-order valence-electron chi connectivity index (χ0n) is 7.15. The molecule has 1 atom stereocenters. The average Bonchev–Trinajstić information content (AvgIpc) is 2.10. The van der Waals surface area contributed by atoms with Crippen LogP contribution in [0.2, 0.25) is 5.02 Å². The number of hydrogen-bond acceptors (Lipinski definition) is 1. The standard InChI is InChI=1S/C9H10BrClFN/c1-5(4-13)6-2-7(10)8(11)3-9(6)12/h2-3,5H,4,13H2,1H3. The Hall–Kier alpha value is -0.120. The molecule has 1 aromatic rings. The Labute approximate surface area is 90.2 Å². The third-order valence-electron chi connectivity index (χ3n) is 1.92. The van der Waals surface area contributed by atoms with Gasteiger partial charge >= 0.3 is 0 Å². The second-order valence-electron chi connectivity index (χ2n) is 2.92. The van der Waals surface area contributed by atoms with E-state index in [9.17, 15) is 4.39 Å². The van der Waals surface area contributed by atoms with Gasteiger partial charge in [0.15, 0.2) is 0 Å². The molecule has 0 saturated heterocycles. The molecule has 13 heavy (non-hydrogen) atoms. The molecular formula is C9H10BrClFN. The minimum atomic E-state index is -0.300. The molecule has 2 N–H and O–H groups in total. The van der Waals surface area contributed by atoms with Gasteiger partial charge in [0.2, 0.25) is 0 Å². The highest BCUT2D eigenvalue weighted by Gasteiger charge is 2.11. The van der Waals surface area contributed by atoms with Gasteiger partial charge in [-0.3, -0.25) is 0 Å². The molecule has 1 nitrogen and oxygen atoms in total.